The zero-order chi connectivity index (χ0) is 19.3. The van der Waals surface area contributed by atoms with E-state index in [2.05, 4.69) is 4.98 Å². The third-order valence-corrected chi connectivity index (χ3v) is 5.61. The molecule has 134 valence electrons. The number of sulfone groups is 1. The van der Waals surface area contributed by atoms with Crippen molar-refractivity contribution in [2.45, 2.75) is 23.2 Å². The third-order valence-electron chi connectivity index (χ3n) is 4.08. The molecule has 0 aliphatic heterocycles. The van der Waals surface area contributed by atoms with Gasteiger partial charge in [-0.1, -0.05) is 6.07 Å². The number of benzene rings is 1. The first-order valence-corrected chi connectivity index (χ1v) is 8.70. The minimum absolute atomic E-state index is 0.0612. The van der Waals surface area contributed by atoms with Crippen LogP contribution < -0.4 is 5.56 Å². The summed E-state index contributed by atoms with van der Waals surface area (Å²) in [5.41, 5.74) is -6.13. The fraction of sp³-hybridized carbons (Fsp3) is 0.188. The van der Waals surface area contributed by atoms with Crippen LogP contribution >= 0.6 is 0 Å². The Hall–Kier alpha value is -2.93. The van der Waals surface area contributed by atoms with Crippen LogP contribution in [0.15, 0.2) is 34.1 Å². The van der Waals surface area contributed by atoms with Crippen molar-refractivity contribution >= 4 is 15.6 Å². The number of fused-ring (bicyclic) bond motifs is 1. The van der Waals surface area contributed by atoms with Crippen molar-refractivity contribution < 1.29 is 26.4 Å². The number of rotatable bonds is 2. The van der Waals surface area contributed by atoms with Gasteiger partial charge in [-0.25, -0.2) is 8.42 Å². The third kappa shape index (κ3) is 2.61. The molecule has 26 heavy (non-hydrogen) atoms. The molecular formula is C16H9F3N2O4S. The number of hydrogen-bond donors (Lipinski definition) is 1. The van der Waals surface area contributed by atoms with E-state index in [0.29, 0.717) is 11.1 Å². The second kappa shape index (κ2) is 5.81. The van der Waals surface area contributed by atoms with Gasteiger partial charge in [0.25, 0.3) is 15.4 Å². The fourth-order valence-electron chi connectivity index (χ4n) is 2.90. The van der Waals surface area contributed by atoms with Gasteiger partial charge in [0.1, 0.15) is 11.6 Å². The lowest BCUT2D eigenvalue weighted by molar-refractivity contribution is -0.0436. The van der Waals surface area contributed by atoms with Gasteiger partial charge in [-0.05, 0) is 35.2 Å². The minimum atomic E-state index is -5.68. The van der Waals surface area contributed by atoms with Crippen molar-refractivity contribution in [3.63, 3.8) is 0 Å². The Balaban J connectivity index is 2.30. The summed E-state index contributed by atoms with van der Waals surface area (Å²) in [6.45, 7) is 0. The zero-order valence-electron chi connectivity index (χ0n) is 12.8. The highest BCUT2D eigenvalue weighted by molar-refractivity contribution is 7.92. The summed E-state index contributed by atoms with van der Waals surface area (Å²) >= 11 is 0. The molecular weight excluding hydrogens is 373 g/mol. The lowest BCUT2D eigenvalue weighted by atomic mass is 9.97. The number of alkyl halides is 3. The Morgan fingerprint density at radius 3 is 2.46 bits per heavy atom. The summed E-state index contributed by atoms with van der Waals surface area (Å²) in [7, 11) is -5.68. The molecule has 0 fully saturated rings. The Labute approximate surface area is 144 Å². The van der Waals surface area contributed by atoms with Crippen LogP contribution in [0.25, 0.3) is 11.1 Å². The van der Waals surface area contributed by atoms with Gasteiger partial charge in [-0.2, -0.15) is 18.4 Å². The molecule has 10 heteroatoms. The molecule has 0 unspecified atom stereocenters. The molecule has 0 saturated carbocycles. The van der Waals surface area contributed by atoms with E-state index in [4.69, 9.17) is 5.26 Å². The number of nitrogens with one attached hydrogen (secondary N) is 1. The van der Waals surface area contributed by atoms with Gasteiger partial charge in [0.05, 0.1) is 4.90 Å². The van der Waals surface area contributed by atoms with Crippen molar-refractivity contribution in [2.75, 3.05) is 0 Å². The van der Waals surface area contributed by atoms with E-state index in [9.17, 15) is 31.2 Å². The van der Waals surface area contributed by atoms with E-state index >= 15 is 0 Å². The van der Waals surface area contributed by atoms with Gasteiger partial charge >= 0.3 is 5.51 Å². The van der Waals surface area contributed by atoms with Crippen LogP contribution in [0.5, 0.6) is 0 Å². The Morgan fingerprint density at radius 2 is 1.85 bits per heavy atom. The quantitative estimate of drug-likeness (QED) is 0.858. The van der Waals surface area contributed by atoms with Crippen LogP contribution in [0.4, 0.5) is 13.2 Å². The Morgan fingerprint density at radius 1 is 1.15 bits per heavy atom. The predicted octanol–water partition coefficient (Wildman–Crippen LogP) is 2.34. The average molecular weight is 382 g/mol. The standard InChI is InChI=1S/C16H9F3N2O4S/c17-16(18,19)26(24,25)13-4-2-10(11-1-3-12(22)14(11)13)9-5-8(6-20)15(23)21-7-9/h2,4-5,7H,1,3H2,(H,21,23). The summed E-state index contributed by atoms with van der Waals surface area (Å²) in [5, 5.41) is 8.94. The number of ketones is 1. The van der Waals surface area contributed by atoms with E-state index in [1.165, 1.54) is 12.3 Å². The maximum Gasteiger partial charge on any atom is 0.501 e. The summed E-state index contributed by atoms with van der Waals surface area (Å²) in [4.78, 5) is 24.8. The zero-order valence-corrected chi connectivity index (χ0v) is 13.7. The SMILES string of the molecule is N#Cc1cc(-c2ccc(S(=O)(=O)C(F)(F)F)c3c2CCC3=O)c[nH]c1=O. The van der Waals surface area contributed by atoms with E-state index in [-0.39, 0.29) is 24.0 Å². The first-order valence-electron chi connectivity index (χ1n) is 7.21. The number of aromatic nitrogens is 1. The molecule has 0 spiro atoms. The second-order valence-electron chi connectivity index (χ2n) is 5.58. The maximum absolute atomic E-state index is 12.9. The Kier molecular flexibility index (Phi) is 3.99. The van der Waals surface area contributed by atoms with E-state index < -0.39 is 37.1 Å². The molecule has 1 aliphatic carbocycles. The van der Waals surface area contributed by atoms with E-state index in [1.54, 1.807) is 6.07 Å². The number of nitrogens with zero attached hydrogens (tertiary/aromatic N) is 1. The van der Waals surface area contributed by atoms with E-state index in [0.717, 1.165) is 12.1 Å². The molecule has 0 bridgehead atoms. The number of hydrogen-bond acceptors (Lipinski definition) is 5. The largest absolute Gasteiger partial charge is 0.501 e. The number of carbonyl (C=O) groups excluding carboxylic acids is 1. The molecule has 1 N–H and O–H groups in total. The maximum atomic E-state index is 12.9. The first-order chi connectivity index (χ1) is 12.1. The van der Waals surface area contributed by atoms with Crippen molar-refractivity contribution in [3.05, 3.63) is 51.4 Å². The summed E-state index contributed by atoms with van der Waals surface area (Å²) in [6, 6.07) is 4.79. The monoisotopic (exact) mass is 382 g/mol. The Bertz CT molecular complexity index is 1140. The summed E-state index contributed by atoms with van der Waals surface area (Å²) in [6.07, 6.45) is 1.19. The number of pyridine rings is 1. The lowest BCUT2D eigenvalue weighted by Crippen LogP contribution is -2.25. The number of aromatic amines is 1. The average Bonchev–Trinajstić information content (AvgIpc) is 2.96. The smallest absolute Gasteiger partial charge is 0.327 e. The van der Waals surface area contributed by atoms with Crippen LogP contribution in [-0.4, -0.2) is 24.7 Å². The minimum Gasteiger partial charge on any atom is -0.327 e. The molecule has 1 aliphatic rings. The molecule has 0 saturated heterocycles. The molecule has 3 rings (SSSR count). The summed E-state index contributed by atoms with van der Waals surface area (Å²) < 4.78 is 62.3. The van der Waals surface area contributed by atoms with Crippen LogP contribution in [0.3, 0.4) is 0 Å². The molecule has 1 aromatic heterocycles. The molecule has 0 radical (unpaired) electrons. The van der Waals surface area contributed by atoms with Crippen LogP contribution in [0, 0.1) is 11.3 Å². The van der Waals surface area contributed by atoms with Gasteiger partial charge in [-0.3, -0.25) is 9.59 Å². The van der Waals surface area contributed by atoms with Crippen molar-refractivity contribution in [1.82, 2.24) is 4.98 Å². The van der Waals surface area contributed by atoms with Crippen molar-refractivity contribution in [2.24, 2.45) is 0 Å². The number of nitriles is 1. The fourth-order valence-corrected chi connectivity index (χ4v) is 3.90. The van der Waals surface area contributed by atoms with Gasteiger partial charge in [-0.15, -0.1) is 0 Å². The highest BCUT2D eigenvalue weighted by Crippen LogP contribution is 2.40. The second-order valence-corrected chi connectivity index (χ2v) is 7.49. The van der Waals surface area contributed by atoms with Gasteiger partial charge < -0.3 is 4.98 Å². The van der Waals surface area contributed by atoms with Crippen molar-refractivity contribution in [1.29, 1.82) is 5.26 Å². The van der Waals surface area contributed by atoms with Gasteiger partial charge in [0, 0.05) is 18.2 Å². The number of halogens is 3. The van der Waals surface area contributed by atoms with Crippen LogP contribution in [-0.2, 0) is 16.3 Å². The van der Waals surface area contributed by atoms with Crippen LogP contribution in [0.2, 0.25) is 0 Å². The predicted molar refractivity (Wildman–Crippen MR) is 83.1 cm³/mol. The molecule has 2 aromatic rings. The summed E-state index contributed by atoms with van der Waals surface area (Å²) in [5.74, 6) is -0.699. The van der Waals surface area contributed by atoms with E-state index in [1.807, 2.05) is 0 Å². The van der Waals surface area contributed by atoms with Crippen molar-refractivity contribution in [3.8, 4) is 17.2 Å². The highest BCUT2D eigenvalue weighted by atomic mass is 32.2. The highest BCUT2D eigenvalue weighted by Gasteiger charge is 2.49. The molecule has 0 amide bonds. The van der Waals surface area contributed by atoms with Gasteiger partial charge in [0.15, 0.2) is 5.78 Å². The normalized spacial score (nSPS) is 14.2. The van der Waals surface area contributed by atoms with Crippen LogP contribution in [0.1, 0.15) is 27.9 Å². The topological polar surface area (TPSA) is 108 Å². The molecule has 1 heterocycles. The molecule has 0 atom stereocenters. The number of H-pyrrole nitrogens is 1. The molecule has 6 nitrogen and oxygen atoms in total. The lowest BCUT2D eigenvalue weighted by Gasteiger charge is -2.14. The number of carbonyl (C=O) groups is 1. The molecule has 1 aromatic carbocycles. The first kappa shape index (κ1) is 17.9. The van der Waals surface area contributed by atoms with Gasteiger partial charge in [0.2, 0.25) is 0 Å². The number of Topliss-reactive ketones (excluding diaryl/α,β-unsaturated/α-hetero) is 1.